The maximum Gasteiger partial charge on any atom is 0.208 e. The summed E-state index contributed by atoms with van der Waals surface area (Å²) in [6, 6.07) is 2.77. The molecule has 2 aliphatic rings. The maximum atomic E-state index is 11.3. The third-order valence-corrected chi connectivity index (χ3v) is 6.38. The van der Waals surface area contributed by atoms with E-state index in [1.807, 2.05) is 0 Å². The average molecular weight is 344 g/mol. The van der Waals surface area contributed by atoms with Crippen LogP contribution < -0.4 is 10.0 Å². The molecule has 1 atom stereocenters. The van der Waals surface area contributed by atoms with Gasteiger partial charge in [0.15, 0.2) is 0 Å². The van der Waals surface area contributed by atoms with E-state index >= 15 is 0 Å². The lowest BCUT2D eigenvalue weighted by molar-refractivity contribution is 0.198. The second kappa shape index (κ2) is 6.57. The highest BCUT2D eigenvalue weighted by Gasteiger charge is 2.56. The van der Waals surface area contributed by atoms with Crippen molar-refractivity contribution in [1.82, 2.24) is 14.9 Å². The first-order chi connectivity index (χ1) is 10.5. The molecule has 0 radical (unpaired) electrons. The predicted octanol–water partition coefficient (Wildman–Crippen LogP) is 1.24. The normalized spacial score (nSPS) is 24.0. The van der Waals surface area contributed by atoms with Gasteiger partial charge in [0.05, 0.1) is 6.26 Å². The van der Waals surface area contributed by atoms with E-state index in [0.29, 0.717) is 18.0 Å². The molecule has 0 unspecified atom stereocenters. The number of piperidine rings is 1. The van der Waals surface area contributed by atoms with Crippen molar-refractivity contribution >= 4 is 21.4 Å². The summed E-state index contributed by atoms with van der Waals surface area (Å²) < 4.78 is 25.2. The lowest BCUT2D eigenvalue weighted by Gasteiger charge is -2.29. The zero-order chi connectivity index (χ0) is 15.6. The summed E-state index contributed by atoms with van der Waals surface area (Å²) in [6.45, 7) is 4.43. The second-order valence-electron chi connectivity index (χ2n) is 6.60. The van der Waals surface area contributed by atoms with Gasteiger partial charge in [-0.15, -0.1) is 0 Å². The minimum Gasteiger partial charge on any atom is -0.317 e. The van der Waals surface area contributed by atoms with Crippen molar-refractivity contribution in [3.63, 3.8) is 0 Å². The van der Waals surface area contributed by atoms with Crippen LogP contribution in [-0.4, -0.2) is 51.8 Å². The highest BCUT2D eigenvalue weighted by molar-refractivity contribution is 7.88. The van der Waals surface area contributed by atoms with E-state index < -0.39 is 10.0 Å². The molecule has 0 bridgehead atoms. The van der Waals surface area contributed by atoms with Crippen LogP contribution >= 0.6 is 11.3 Å². The number of hydrogen-bond acceptors (Lipinski definition) is 5. The molecular formula is C15H25N3O2S2. The highest BCUT2D eigenvalue weighted by atomic mass is 32.2. The largest absolute Gasteiger partial charge is 0.317 e. The van der Waals surface area contributed by atoms with Crippen molar-refractivity contribution in [1.29, 1.82) is 0 Å². The van der Waals surface area contributed by atoms with Gasteiger partial charge in [0.2, 0.25) is 10.0 Å². The van der Waals surface area contributed by atoms with Gasteiger partial charge in [-0.25, -0.2) is 13.1 Å². The number of hydrogen-bond donors (Lipinski definition) is 2. The molecule has 1 spiro atoms. The molecule has 7 heteroatoms. The first kappa shape index (κ1) is 16.4. The Bertz CT molecular complexity index is 580. The quantitative estimate of drug-likeness (QED) is 0.782. The van der Waals surface area contributed by atoms with E-state index in [4.69, 9.17) is 0 Å². The molecular weight excluding hydrogens is 318 g/mol. The number of nitrogens with zero attached hydrogens (tertiary/aromatic N) is 1. The second-order valence-corrected chi connectivity index (χ2v) is 9.21. The lowest BCUT2D eigenvalue weighted by atomic mass is 9.93. The third kappa shape index (κ3) is 4.08. The summed E-state index contributed by atoms with van der Waals surface area (Å²) in [5.41, 5.74) is 1.81. The molecule has 0 amide bonds. The Labute approximate surface area is 137 Å². The smallest absolute Gasteiger partial charge is 0.208 e. The zero-order valence-corrected chi connectivity index (χ0v) is 14.7. The minimum atomic E-state index is -3.11. The summed E-state index contributed by atoms with van der Waals surface area (Å²) in [7, 11) is -3.11. The van der Waals surface area contributed by atoms with Crippen LogP contribution in [0.5, 0.6) is 0 Å². The SMILES string of the molecule is CS(=O)(=O)NCCN(Cc1ccsc1)[C@H]1CC12CCNCC2. The van der Waals surface area contributed by atoms with Crippen LogP contribution in [0, 0.1) is 5.41 Å². The first-order valence-electron chi connectivity index (χ1n) is 7.89. The Hall–Kier alpha value is -0.470. The van der Waals surface area contributed by atoms with E-state index in [2.05, 4.69) is 31.8 Å². The van der Waals surface area contributed by atoms with Crippen molar-refractivity contribution < 1.29 is 8.42 Å². The number of sulfonamides is 1. The van der Waals surface area contributed by atoms with Crippen molar-refractivity contribution in [2.24, 2.45) is 5.41 Å². The molecule has 0 aromatic carbocycles. The van der Waals surface area contributed by atoms with Crippen LogP contribution in [-0.2, 0) is 16.6 Å². The summed E-state index contributed by atoms with van der Waals surface area (Å²) in [4.78, 5) is 2.48. The molecule has 1 aliphatic carbocycles. The van der Waals surface area contributed by atoms with Gasteiger partial charge in [-0.05, 0) is 60.2 Å². The predicted molar refractivity (Wildman–Crippen MR) is 90.5 cm³/mol. The third-order valence-electron chi connectivity index (χ3n) is 4.92. The Morgan fingerprint density at radius 1 is 1.45 bits per heavy atom. The number of rotatable bonds is 7. The van der Waals surface area contributed by atoms with Crippen molar-refractivity contribution in [3.05, 3.63) is 22.4 Å². The van der Waals surface area contributed by atoms with Gasteiger partial charge < -0.3 is 5.32 Å². The van der Waals surface area contributed by atoms with Gasteiger partial charge in [0.1, 0.15) is 0 Å². The fourth-order valence-corrected chi connectivity index (χ4v) is 4.76. The molecule has 124 valence electrons. The van der Waals surface area contributed by atoms with Crippen LogP contribution in [0.2, 0.25) is 0 Å². The van der Waals surface area contributed by atoms with Crippen molar-refractivity contribution in [3.8, 4) is 0 Å². The van der Waals surface area contributed by atoms with E-state index in [-0.39, 0.29) is 0 Å². The molecule has 1 saturated heterocycles. The fourth-order valence-electron chi connectivity index (χ4n) is 3.64. The van der Waals surface area contributed by atoms with Gasteiger partial charge in [0, 0.05) is 25.7 Å². The average Bonchev–Trinajstić information content (AvgIpc) is 2.91. The highest BCUT2D eigenvalue weighted by Crippen LogP contribution is 2.55. The summed E-state index contributed by atoms with van der Waals surface area (Å²) in [5.74, 6) is 0. The van der Waals surface area contributed by atoms with E-state index in [1.165, 1.54) is 31.1 Å². The lowest BCUT2D eigenvalue weighted by Crippen LogP contribution is -2.39. The molecule has 22 heavy (non-hydrogen) atoms. The zero-order valence-electron chi connectivity index (χ0n) is 13.0. The Kier molecular flexibility index (Phi) is 4.89. The molecule has 3 rings (SSSR count). The van der Waals surface area contributed by atoms with Gasteiger partial charge in [-0.1, -0.05) is 0 Å². The van der Waals surface area contributed by atoms with E-state index in [0.717, 1.165) is 26.2 Å². The number of nitrogens with one attached hydrogen (secondary N) is 2. The molecule has 2 fully saturated rings. The van der Waals surface area contributed by atoms with Crippen LogP contribution in [0.25, 0.3) is 0 Å². The van der Waals surface area contributed by atoms with Crippen molar-refractivity contribution in [2.75, 3.05) is 32.4 Å². The Morgan fingerprint density at radius 3 is 2.86 bits per heavy atom. The maximum absolute atomic E-state index is 11.3. The molecule has 2 N–H and O–H groups in total. The molecule has 1 aromatic heterocycles. The topological polar surface area (TPSA) is 61.4 Å². The van der Waals surface area contributed by atoms with E-state index in [9.17, 15) is 8.42 Å². The Morgan fingerprint density at radius 2 is 2.23 bits per heavy atom. The van der Waals surface area contributed by atoms with Crippen molar-refractivity contribution in [2.45, 2.75) is 31.8 Å². The molecule has 5 nitrogen and oxygen atoms in total. The number of thiophene rings is 1. The standard InChI is InChI=1S/C15H25N3O2S2/c1-22(19,20)17-7-8-18(11-13-2-9-21-12-13)14-10-15(14)3-5-16-6-4-15/h2,9,12,14,16-17H,3-8,10-11H2,1H3/t14-/m0/s1. The fraction of sp³-hybridized carbons (Fsp3) is 0.733. The van der Waals surface area contributed by atoms with Gasteiger partial charge in [0.25, 0.3) is 0 Å². The van der Waals surface area contributed by atoms with Crippen LogP contribution in [0.1, 0.15) is 24.8 Å². The van der Waals surface area contributed by atoms with Crippen LogP contribution in [0.4, 0.5) is 0 Å². The van der Waals surface area contributed by atoms with Gasteiger partial charge in [-0.3, -0.25) is 4.90 Å². The summed E-state index contributed by atoms with van der Waals surface area (Å²) >= 11 is 1.72. The molecule has 1 aromatic rings. The van der Waals surface area contributed by atoms with Crippen LogP contribution in [0.3, 0.4) is 0 Å². The molecule has 1 aliphatic heterocycles. The van der Waals surface area contributed by atoms with Gasteiger partial charge >= 0.3 is 0 Å². The van der Waals surface area contributed by atoms with Crippen LogP contribution in [0.15, 0.2) is 16.8 Å². The minimum absolute atomic E-state index is 0.479. The van der Waals surface area contributed by atoms with Gasteiger partial charge in [-0.2, -0.15) is 11.3 Å². The monoisotopic (exact) mass is 343 g/mol. The Balaban J connectivity index is 1.61. The van der Waals surface area contributed by atoms with E-state index in [1.54, 1.807) is 11.3 Å². The molecule has 2 heterocycles. The summed E-state index contributed by atoms with van der Waals surface area (Å²) in [6.07, 6.45) is 4.98. The first-order valence-corrected chi connectivity index (χ1v) is 10.7. The molecule has 1 saturated carbocycles. The summed E-state index contributed by atoms with van der Waals surface area (Å²) in [5, 5.41) is 7.74.